The largest absolute Gasteiger partial charge is 0.469 e. The first kappa shape index (κ1) is 13.9. The summed E-state index contributed by atoms with van der Waals surface area (Å²) in [5.41, 5.74) is 1.51. The van der Waals surface area contributed by atoms with Crippen molar-refractivity contribution in [1.82, 2.24) is 20.2 Å². The molecule has 0 unspecified atom stereocenters. The standard InChI is InChI=1S/C15H12N4O3/c20-13(14(21)15-17-9-18-19-15)6-10-5-12(22-8-10)7-11-3-1-2-4-16-11/h1-5,8-9H,6-7H2,(H,17,18,19). The van der Waals surface area contributed by atoms with Crippen LogP contribution < -0.4 is 0 Å². The van der Waals surface area contributed by atoms with Crippen LogP contribution in [-0.2, 0) is 17.6 Å². The van der Waals surface area contributed by atoms with E-state index in [-0.39, 0.29) is 12.2 Å². The Labute approximate surface area is 125 Å². The number of hydrogen-bond donors (Lipinski definition) is 1. The predicted molar refractivity (Wildman–Crippen MR) is 75.2 cm³/mol. The first-order valence-electron chi connectivity index (χ1n) is 6.62. The maximum Gasteiger partial charge on any atom is 0.267 e. The van der Waals surface area contributed by atoms with Gasteiger partial charge in [-0.25, -0.2) is 4.98 Å². The number of pyridine rings is 1. The molecule has 3 rings (SSSR count). The van der Waals surface area contributed by atoms with Gasteiger partial charge in [0.2, 0.25) is 11.6 Å². The Hall–Kier alpha value is -3.09. The fraction of sp³-hybridized carbons (Fsp3) is 0.133. The number of Topliss-reactive ketones (excluding diaryl/α,β-unsaturated/α-hetero) is 2. The second-order valence-corrected chi connectivity index (χ2v) is 4.67. The van der Waals surface area contributed by atoms with Crippen molar-refractivity contribution in [1.29, 1.82) is 0 Å². The molecule has 0 bridgehead atoms. The minimum atomic E-state index is -0.714. The summed E-state index contributed by atoms with van der Waals surface area (Å²) in [6.45, 7) is 0. The van der Waals surface area contributed by atoms with E-state index in [0.717, 1.165) is 5.69 Å². The quantitative estimate of drug-likeness (QED) is 0.544. The van der Waals surface area contributed by atoms with E-state index in [0.29, 0.717) is 17.7 Å². The van der Waals surface area contributed by atoms with Crippen LogP contribution in [0.5, 0.6) is 0 Å². The van der Waals surface area contributed by atoms with Gasteiger partial charge in [-0.3, -0.25) is 19.7 Å². The molecule has 0 radical (unpaired) electrons. The number of rotatable bonds is 6. The average Bonchev–Trinajstić information content (AvgIpc) is 3.19. The van der Waals surface area contributed by atoms with Gasteiger partial charge in [0.15, 0.2) is 0 Å². The molecule has 22 heavy (non-hydrogen) atoms. The van der Waals surface area contributed by atoms with Gasteiger partial charge < -0.3 is 4.42 Å². The van der Waals surface area contributed by atoms with Gasteiger partial charge in [0.1, 0.15) is 12.1 Å². The molecule has 110 valence electrons. The second kappa shape index (κ2) is 6.13. The van der Waals surface area contributed by atoms with Crippen LogP contribution in [0.15, 0.2) is 47.5 Å². The summed E-state index contributed by atoms with van der Waals surface area (Å²) in [6, 6.07) is 7.37. The fourth-order valence-electron chi connectivity index (χ4n) is 2.00. The van der Waals surface area contributed by atoms with Gasteiger partial charge in [0, 0.05) is 24.7 Å². The highest BCUT2D eigenvalue weighted by Crippen LogP contribution is 2.13. The van der Waals surface area contributed by atoms with E-state index in [4.69, 9.17) is 4.42 Å². The molecule has 3 aromatic heterocycles. The predicted octanol–water partition coefficient (Wildman–Crippen LogP) is 1.38. The Bertz CT molecular complexity index is 778. The molecule has 0 amide bonds. The van der Waals surface area contributed by atoms with E-state index < -0.39 is 11.6 Å². The van der Waals surface area contributed by atoms with Crippen molar-refractivity contribution in [2.45, 2.75) is 12.8 Å². The number of ketones is 2. The van der Waals surface area contributed by atoms with Crippen LogP contribution in [0.1, 0.15) is 27.6 Å². The number of carbonyl (C=O) groups is 2. The Balaban J connectivity index is 1.64. The SMILES string of the molecule is O=C(Cc1coc(Cc2ccccn2)c1)C(=O)c1nc[nH]n1. The van der Waals surface area contributed by atoms with Crippen LogP contribution >= 0.6 is 0 Å². The van der Waals surface area contributed by atoms with E-state index in [1.54, 1.807) is 12.3 Å². The highest BCUT2D eigenvalue weighted by atomic mass is 16.3. The molecule has 0 aliphatic heterocycles. The van der Waals surface area contributed by atoms with Crippen LogP contribution in [0.25, 0.3) is 0 Å². The zero-order valence-corrected chi connectivity index (χ0v) is 11.5. The second-order valence-electron chi connectivity index (χ2n) is 4.67. The van der Waals surface area contributed by atoms with Crippen molar-refractivity contribution in [3.05, 3.63) is 65.9 Å². The summed E-state index contributed by atoms with van der Waals surface area (Å²) >= 11 is 0. The van der Waals surface area contributed by atoms with E-state index in [1.165, 1.54) is 12.6 Å². The summed E-state index contributed by atoms with van der Waals surface area (Å²) in [6.07, 6.45) is 4.92. The number of aromatic nitrogens is 4. The normalized spacial score (nSPS) is 10.5. The Morgan fingerprint density at radius 1 is 1.23 bits per heavy atom. The van der Waals surface area contributed by atoms with Gasteiger partial charge in [-0.05, 0) is 23.8 Å². The smallest absolute Gasteiger partial charge is 0.267 e. The molecule has 3 aromatic rings. The number of H-pyrrole nitrogens is 1. The monoisotopic (exact) mass is 296 g/mol. The van der Waals surface area contributed by atoms with Crippen molar-refractivity contribution < 1.29 is 14.0 Å². The molecule has 7 heteroatoms. The zero-order chi connectivity index (χ0) is 15.4. The Morgan fingerprint density at radius 3 is 2.86 bits per heavy atom. The van der Waals surface area contributed by atoms with Crippen molar-refractivity contribution in [3.63, 3.8) is 0 Å². The van der Waals surface area contributed by atoms with Gasteiger partial charge in [0.05, 0.1) is 6.26 Å². The van der Waals surface area contributed by atoms with Crippen LogP contribution in [0.4, 0.5) is 0 Å². The van der Waals surface area contributed by atoms with Gasteiger partial charge in [0.25, 0.3) is 5.78 Å². The maximum atomic E-state index is 11.9. The lowest BCUT2D eigenvalue weighted by molar-refractivity contribution is -0.114. The lowest BCUT2D eigenvalue weighted by Gasteiger charge is -1.95. The summed E-state index contributed by atoms with van der Waals surface area (Å²) in [5, 5.41) is 6.00. The highest BCUT2D eigenvalue weighted by molar-refractivity contribution is 6.43. The first-order chi connectivity index (χ1) is 10.7. The van der Waals surface area contributed by atoms with Gasteiger partial charge in [-0.2, -0.15) is 0 Å². The van der Waals surface area contributed by atoms with Crippen LogP contribution in [-0.4, -0.2) is 31.7 Å². The molecule has 1 N–H and O–H groups in total. The van der Waals surface area contributed by atoms with Gasteiger partial charge >= 0.3 is 0 Å². The van der Waals surface area contributed by atoms with Gasteiger partial charge in [-0.1, -0.05) is 6.07 Å². The average molecular weight is 296 g/mol. The van der Waals surface area contributed by atoms with Crippen LogP contribution in [0.3, 0.4) is 0 Å². The molecule has 0 saturated carbocycles. The van der Waals surface area contributed by atoms with E-state index in [1.807, 2.05) is 18.2 Å². The first-order valence-corrected chi connectivity index (χ1v) is 6.62. The summed E-state index contributed by atoms with van der Waals surface area (Å²) < 4.78 is 5.40. The van der Waals surface area contributed by atoms with Crippen LogP contribution in [0, 0.1) is 0 Å². The number of carbonyl (C=O) groups excluding carboxylic acids is 2. The topological polar surface area (TPSA) is 102 Å². The molecule has 0 spiro atoms. The van der Waals surface area contributed by atoms with E-state index in [9.17, 15) is 9.59 Å². The van der Waals surface area contributed by atoms with Crippen molar-refractivity contribution in [3.8, 4) is 0 Å². The number of furan rings is 1. The summed E-state index contributed by atoms with van der Waals surface area (Å²) in [7, 11) is 0. The minimum Gasteiger partial charge on any atom is -0.469 e. The molecule has 0 atom stereocenters. The van der Waals surface area contributed by atoms with E-state index >= 15 is 0 Å². The molecule has 0 saturated heterocycles. The zero-order valence-electron chi connectivity index (χ0n) is 11.5. The molecule has 3 heterocycles. The summed E-state index contributed by atoms with van der Waals surface area (Å²) in [5.74, 6) is -0.729. The third-order valence-electron chi connectivity index (χ3n) is 3.03. The van der Waals surface area contributed by atoms with E-state index in [2.05, 4.69) is 20.2 Å². The molecule has 0 fully saturated rings. The molecular formula is C15H12N4O3. The third-order valence-corrected chi connectivity index (χ3v) is 3.03. The summed E-state index contributed by atoms with van der Waals surface area (Å²) in [4.78, 5) is 31.5. The molecule has 0 aliphatic rings. The maximum absolute atomic E-state index is 11.9. The number of hydrogen-bond acceptors (Lipinski definition) is 6. The lowest BCUT2D eigenvalue weighted by atomic mass is 10.1. The number of nitrogens with zero attached hydrogens (tertiary/aromatic N) is 3. The van der Waals surface area contributed by atoms with Gasteiger partial charge in [-0.15, -0.1) is 5.10 Å². The molecule has 0 aliphatic carbocycles. The minimum absolute atomic E-state index is 0.0426. The number of aromatic amines is 1. The fourth-order valence-corrected chi connectivity index (χ4v) is 2.00. The van der Waals surface area contributed by atoms with Crippen LogP contribution in [0.2, 0.25) is 0 Å². The molecular weight excluding hydrogens is 284 g/mol. The van der Waals surface area contributed by atoms with Crippen molar-refractivity contribution >= 4 is 11.6 Å². The number of nitrogens with one attached hydrogen (secondary N) is 1. The highest BCUT2D eigenvalue weighted by Gasteiger charge is 2.20. The third kappa shape index (κ3) is 3.14. The van der Waals surface area contributed by atoms with Crippen molar-refractivity contribution in [2.24, 2.45) is 0 Å². The Morgan fingerprint density at radius 2 is 2.14 bits per heavy atom. The molecule has 0 aromatic carbocycles. The van der Waals surface area contributed by atoms with Crippen molar-refractivity contribution in [2.75, 3.05) is 0 Å². The molecule has 7 nitrogen and oxygen atoms in total. The Kier molecular flexibility index (Phi) is 3.86. The lowest BCUT2D eigenvalue weighted by Crippen LogP contribution is -2.17.